The molecule has 0 aromatic heterocycles. The highest BCUT2D eigenvalue weighted by molar-refractivity contribution is 8.82. The van der Waals surface area contributed by atoms with E-state index in [1.165, 1.54) is 17.7 Å². The summed E-state index contributed by atoms with van der Waals surface area (Å²) in [7, 11) is 3.23. The molecule has 0 aliphatic carbocycles. The molecule has 0 spiro atoms. The molecule has 0 unspecified atom stereocenters. The van der Waals surface area contributed by atoms with Crippen molar-refractivity contribution in [3.05, 3.63) is 59.9 Å². The Labute approximate surface area is 127 Å². The first-order valence-corrected chi connectivity index (χ1v) is 8.56. The number of hydrogen-bond donors (Lipinski definition) is 0. The molecule has 0 heterocycles. The van der Waals surface area contributed by atoms with Crippen LogP contribution in [0.25, 0.3) is 0 Å². The van der Waals surface area contributed by atoms with Crippen LogP contribution in [0.1, 0.15) is 18.9 Å². The Kier molecular flexibility index (Phi) is 5.68. The summed E-state index contributed by atoms with van der Waals surface area (Å²) >= 11 is 0. The van der Waals surface area contributed by atoms with Crippen molar-refractivity contribution in [3.63, 3.8) is 0 Å². The van der Waals surface area contributed by atoms with Crippen LogP contribution in [0.2, 0.25) is 0 Å². The molecule has 2 aromatic rings. The van der Waals surface area contributed by atoms with Gasteiger partial charge in [-0.3, -0.25) is 0 Å². The molecule has 104 valence electrons. The van der Waals surface area contributed by atoms with Gasteiger partial charge in [0.05, 0.1) is 10.7 Å². The number of aliphatic imine (C=N–C) groups is 1. The molecule has 1 nitrogen and oxygen atoms in total. The average molecular weight is 305 g/mol. The van der Waals surface area contributed by atoms with Crippen molar-refractivity contribution >= 4 is 32.3 Å². The first-order chi connectivity index (χ1) is 9.67. The van der Waals surface area contributed by atoms with Gasteiger partial charge in [-0.1, -0.05) is 35.4 Å². The molecule has 0 radical (unpaired) electrons. The van der Waals surface area contributed by atoms with E-state index < -0.39 is 0 Å². The van der Waals surface area contributed by atoms with E-state index >= 15 is 0 Å². The Hall–Kier alpha value is -1.26. The van der Waals surface area contributed by atoms with Crippen LogP contribution in [0.3, 0.4) is 0 Å². The fourth-order valence-corrected chi connectivity index (χ4v) is 3.58. The lowest BCUT2D eigenvalue weighted by atomic mass is 10.2. The molecule has 0 N–H and O–H groups in total. The molecule has 0 saturated carbocycles. The summed E-state index contributed by atoms with van der Waals surface area (Å²) < 4.78 is 12.8. The van der Waals surface area contributed by atoms with E-state index in [1.807, 2.05) is 12.1 Å². The third-order valence-corrected chi connectivity index (χ3v) is 5.16. The largest absolute Gasteiger partial charge is 0.246 e. The molecule has 0 saturated heterocycles. The number of halogens is 1. The zero-order valence-corrected chi connectivity index (χ0v) is 13.1. The lowest BCUT2D eigenvalue weighted by molar-refractivity contribution is 0.626. The Morgan fingerprint density at radius 3 is 2.30 bits per heavy atom. The number of nitrogens with zero attached hydrogens (tertiary/aromatic N) is 1. The molecule has 0 aliphatic rings. The molecule has 0 aliphatic heterocycles. The zero-order chi connectivity index (χ0) is 14.4. The summed E-state index contributed by atoms with van der Waals surface area (Å²) in [6, 6.07) is 14.7. The minimum atomic E-state index is -0.205. The highest BCUT2D eigenvalue weighted by Gasteiger charge is 2.02. The van der Waals surface area contributed by atoms with Crippen molar-refractivity contribution in [3.8, 4) is 0 Å². The summed E-state index contributed by atoms with van der Waals surface area (Å²) in [5.74, 6) is -0.205. The Morgan fingerprint density at radius 1 is 1.05 bits per heavy atom. The summed E-state index contributed by atoms with van der Waals surface area (Å²) in [5.41, 5.74) is 2.20. The predicted octanol–water partition coefficient (Wildman–Crippen LogP) is 6.01. The summed E-state index contributed by atoms with van der Waals surface area (Å²) in [4.78, 5) is 5.66. The highest BCUT2D eigenvalue weighted by atomic mass is 33.1. The maximum Gasteiger partial charge on any atom is 0.123 e. The molecule has 4 heteroatoms. The molecule has 2 aromatic carbocycles. The summed E-state index contributed by atoms with van der Waals surface area (Å²) in [5, 5.41) is 1.06. The molecule has 0 amide bonds. The lowest BCUT2D eigenvalue weighted by Crippen LogP contribution is -1.86. The van der Waals surface area contributed by atoms with Crippen molar-refractivity contribution in [2.24, 2.45) is 4.99 Å². The van der Waals surface area contributed by atoms with E-state index in [9.17, 15) is 4.39 Å². The van der Waals surface area contributed by atoms with Crippen LogP contribution in [0, 0.1) is 12.7 Å². The van der Waals surface area contributed by atoms with Crippen molar-refractivity contribution in [2.45, 2.75) is 25.2 Å². The molecule has 2 rings (SSSR count). The Bertz CT molecular complexity index is 576. The summed E-state index contributed by atoms with van der Waals surface area (Å²) in [6.07, 6.45) is 0.882. The maximum absolute atomic E-state index is 12.8. The van der Waals surface area contributed by atoms with Crippen molar-refractivity contribution in [2.75, 3.05) is 0 Å². The Morgan fingerprint density at radius 2 is 1.70 bits per heavy atom. The van der Waals surface area contributed by atoms with Crippen LogP contribution < -0.4 is 0 Å². The van der Waals surface area contributed by atoms with Gasteiger partial charge in [0.1, 0.15) is 5.82 Å². The number of benzene rings is 2. The second-order valence-corrected chi connectivity index (χ2v) is 6.59. The van der Waals surface area contributed by atoms with Gasteiger partial charge in [0.15, 0.2) is 0 Å². The lowest BCUT2D eigenvalue weighted by Gasteiger charge is -2.04. The van der Waals surface area contributed by atoms with E-state index in [0.29, 0.717) is 0 Å². The van der Waals surface area contributed by atoms with E-state index in [4.69, 9.17) is 0 Å². The fourth-order valence-electron chi connectivity index (χ4n) is 1.51. The average Bonchev–Trinajstić information content (AvgIpc) is 2.47. The topological polar surface area (TPSA) is 12.4 Å². The molecule has 0 fully saturated rings. The van der Waals surface area contributed by atoms with Crippen LogP contribution in [0.4, 0.5) is 10.1 Å². The van der Waals surface area contributed by atoms with Gasteiger partial charge in [0.2, 0.25) is 0 Å². The van der Waals surface area contributed by atoms with Crippen LogP contribution in [-0.2, 0) is 0 Å². The quantitative estimate of drug-likeness (QED) is 0.389. The van der Waals surface area contributed by atoms with E-state index in [1.54, 1.807) is 33.7 Å². The van der Waals surface area contributed by atoms with Crippen LogP contribution >= 0.6 is 21.6 Å². The monoisotopic (exact) mass is 305 g/mol. The number of rotatable bonds is 4. The van der Waals surface area contributed by atoms with E-state index in [0.717, 1.165) is 22.0 Å². The molecule has 0 bridgehead atoms. The third-order valence-electron chi connectivity index (χ3n) is 2.64. The molecular formula is C16H16FNS2. The SMILES string of the molecule is CCC(=Nc1ccc(C)cc1)SSc1ccc(F)cc1. The number of hydrogen-bond acceptors (Lipinski definition) is 3. The molecule has 20 heavy (non-hydrogen) atoms. The standard InChI is InChI=1S/C16H16FNS2/c1-3-16(18-14-8-4-12(2)5-9-14)20-19-15-10-6-13(17)7-11-15/h4-11H,3H2,1-2H3. The van der Waals surface area contributed by atoms with Gasteiger partial charge in [-0.05, 0) is 60.5 Å². The van der Waals surface area contributed by atoms with Gasteiger partial charge in [-0.15, -0.1) is 0 Å². The summed E-state index contributed by atoms with van der Waals surface area (Å²) in [6.45, 7) is 4.15. The van der Waals surface area contributed by atoms with Gasteiger partial charge < -0.3 is 0 Å². The minimum absolute atomic E-state index is 0.205. The third kappa shape index (κ3) is 4.69. The van der Waals surface area contributed by atoms with Gasteiger partial charge in [-0.2, -0.15) is 0 Å². The molecular weight excluding hydrogens is 289 g/mol. The van der Waals surface area contributed by atoms with Gasteiger partial charge in [0, 0.05) is 4.90 Å². The van der Waals surface area contributed by atoms with Crippen molar-refractivity contribution < 1.29 is 4.39 Å². The van der Waals surface area contributed by atoms with Crippen LogP contribution in [0.5, 0.6) is 0 Å². The number of aryl methyl sites for hydroxylation is 1. The first-order valence-electron chi connectivity index (χ1n) is 6.41. The molecule has 0 atom stereocenters. The zero-order valence-electron chi connectivity index (χ0n) is 11.5. The van der Waals surface area contributed by atoms with Gasteiger partial charge >= 0.3 is 0 Å². The second-order valence-electron chi connectivity index (χ2n) is 4.32. The van der Waals surface area contributed by atoms with Gasteiger partial charge in [0.25, 0.3) is 0 Å². The first kappa shape index (κ1) is 15.1. The van der Waals surface area contributed by atoms with Crippen molar-refractivity contribution in [1.29, 1.82) is 0 Å². The van der Waals surface area contributed by atoms with Crippen LogP contribution in [0.15, 0.2) is 58.4 Å². The van der Waals surface area contributed by atoms with E-state index in [-0.39, 0.29) is 5.82 Å². The van der Waals surface area contributed by atoms with Gasteiger partial charge in [-0.25, -0.2) is 9.38 Å². The predicted molar refractivity (Wildman–Crippen MR) is 88.4 cm³/mol. The second kappa shape index (κ2) is 7.50. The normalized spacial score (nSPS) is 11.7. The smallest absolute Gasteiger partial charge is 0.123 e. The van der Waals surface area contributed by atoms with Crippen LogP contribution in [-0.4, -0.2) is 5.04 Å². The minimum Gasteiger partial charge on any atom is -0.246 e. The highest BCUT2D eigenvalue weighted by Crippen LogP contribution is 2.34. The Balaban J connectivity index is 2.01. The van der Waals surface area contributed by atoms with Crippen molar-refractivity contribution in [1.82, 2.24) is 0 Å². The maximum atomic E-state index is 12.8. The van der Waals surface area contributed by atoms with E-state index in [2.05, 4.69) is 31.0 Å². The fraction of sp³-hybridized carbons (Fsp3) is 0.188.